The minimum absolute atomic E-state index is 0.0424. The molecule has 1 heterocycles. The second kappa shape index (κ2) is 8.69. The molecule has 0 saturated heterocycles. The molecule has 1 fully saturated rings. The summed E-state index contributed by atoms with van der Waals surface area (Å²) in [6.45, 7) is 8.46. The topological polar surface area (TPSA) is 80.8 Å². The molecule has 0 atom stereocenters. The molecule has 6 nitrogen and oxygen atoms in total. The fraction of sp³-hybridized carbons (Fsp3) is 0.652. The van der Waals surface area contributed by atoms with Crippen LogP contribution in [0.4, 0.5) is 5.69 Å². The number of Topliss-reactive ketones (excluding diaryl/α,β-unsaturated/α-hetero) is 1. The van der Waals surface area contributed by atoms with E-state index in [9.17, 15) is 18.0 Å². The van der Waals surface area contributed by atoms with Crippen molar-refractivity contribution in [3.8, 4) is 0 Å². The molecule has 0 spiro atoms. The third-order valence-corrected chi connectivity index (χ3v) is 8.37. The summed E-state index contributed by atoms with van der Waals surface area (Å²) in [4.78, 5) is 25.0. The van der Waals surface area contributed by atoms with Crippen molar-refractivity contribution in [2.45, 2.75) is 59.8 Å². The number of carbonyl (C=O) groups excluding carboxylic acids is 2. The second-order valence-corrected chi connectivity index (χ2v) is 11.7. The third-order valence-electron chi connectivity index (χ3n) is 6.59. The fourth-order valence-electron chi connectivity index (χ4n) is 4.52. The van der Waals surface area contributed by atoms with Crippen molar-refractivity contribution in [2.75, 3.05) is 23.2 Å². The van der Waals surface area contributed by atoms with Gasteiger partial charge in [-0.3, -0.25) is 13.9 Å². The lowest BCUT2D eigenvalue weighted by Crippen LogP contribution is -2.30. The quantitative estimate of drug-likeness (QED) is 0.499. The van der Waals surface area contributed by atoms with Crippen molar-refractivity contribution in [3.63, 3.8) is 0 Å². The summed E-state index contributed by atoms with van der Waals surface area (Å²) in [5.41, 5.74) is 2.18. The average molecular weight is 436 g/mol. The van der Waals surface area contributed by atoms with Gasteiger partial charge in [0.15, 0.2) is 12.4 Å². The van der Waals surface area contributed by atoms with Crippen molar-refractivity contribution in [2.24, 2.45) is 17.3 Å². The second-order valence-electron chi connectivity index (χ2n) is 9.51. The summed E-state index contributed by atoms with van der Waals surface area (Å²) >= 11 is 0. The van der Waals surface area contributed by atoms with Crippen LogP contribution in [0.15, 0.2) is 18.2 Å². The molecule has 2 aliphatic rings. The molecule has 1 aliphatic heterocycles. The number of carbonyl (C=O) groups is 2. The highest BCUT2D eigenvalue weighted by atomic mass is 32.2. The van der Waals surface area contributed by atoms with Gasteiger partial charge in [0, 0.05) is 12.1 Å². The van der Waals surface area contributed by atoms with Gasteiger partial charge >= 0.3 is 5.97 Å². The van der Waals surface area contributed by atoms with Crippen LogP contribution in [0.3, 0.4) is 0 Å². The van der Waals surface area contributed by atoms with E-state index in [0.717, 1.165) is 31.2 Å². The monoisotopic (exact) mass is 435 g/mol. The van der Waals surface area contributed by atoms with Gasteiger partial charge in [0.1, 0.15) is 0 Å². The van der Waals surface area contributed by atoms with Gasteiger partial charge in [-0.25, -0.2) is 8.42 Å². The van der Waals surface area contributed by atoms with Crippen molar-refractivity contribution < 1.29 is 22.7 Å². The first-order valence-electron chi connectivity index (χ1n) is 10.9. The Bertz CT molecular complexity index is 908. The molecule has 1 aromatic rings. The highest BCUT2D eigenvalue weighted by Crippen LogP contribution is 2.40. The molecule has 1 aliphatic carbocycles. The van der Waals surface area contributed by atoms with Gasteiger partial charge in [-0.1, -0.05) is 20.8 Å². The van der Waals surface area contributed by atoms with Crippen molar-refractivity contribution in [1.29, 1.82) is 0 Å². The van der Waals surface area contributed by atoms with E-state index in [1.54, 1.807) is 25.1 Å². The lowest BCUT2D eigenvalue weighted by molar-refractivity contribution is -0.149. The van der Waals surface area contributed by atoms with Crippen LogP contribution in [-0.2, 0) is 26.0 Å². The summed E-state index contributed by atoms with van der Waals surface area (Å²) in [6, 6.07) is 5.02. The number of anilines is 1. The molecule has 0 aromatic heterocycles. The summed E-state index contributed by atoms with van der Waals surface area (Å²) in [5, 5.41) is 0. The Labute approximate surface area is 180 Å². The molecular weight excluding hydrogens is 402 g/mol. The molecule has 7 heteroatoms. The Balaban J connectivity index is 1.56. The van der Waals surface area contributed by atoms with Crippen molar-refractivity contribution >= 4 is 27.5 Å². The minimum Gasteiger partial charge on any atom is -0.457 e. The zero-order chi connectivity index (χ0) is 22.1. The van der Waals surface area contributed by atoms with E-state index in [1.807, 2.05) is 0 Å². The van der Waals surface area contributed by atoms with Gasteiger partial charge < -0.3 is 4.74 Å². The summed E-state index contributed by atoms with van der Waals surface area (Å²) in [5.74, 6) is -0.000819. The summed E-state index contributed by atoms with van der Waals surface area (Å²) in [6.07, 6.45) is 4.23. The molecule has 30 heavy (non-hydrogen) atoms. The summed E-state index contributed by atoms with van der Waals surface area (Å²) in [7, 11) is -3.31. The maximum Gasteiger partial charge on any atom is 0.309 e. The highest BCUT2D eigenvalue weighted by molar-refractivity contribution is 7.92. The number of hydrogen-bond acceptors (Lipinski definition) is 5. The zero-order valence-electron chi connectivity index (χ0n) is 18.4. The van der Waals surface area contributed by atoms with Gasteiger partial charge in [0.2, 0.25) is 10.0 Å². The van der Waals surface area contributed by atoms with Gasteiger partial charge in [0.05, 0.1) is 17.4 Å². The molecule has 0 radical (unpaired) electrons. The first-order chi connectivity index (χ1) is 14.0. The van der Waals surface area contributed by atoms with Crippen LogP contribution in [0.5, 0.6) is 0 Å². The predicted molar refractivity (Wildman–Crippen MR) is 117 cm³/mol. The number of ketones is 1. The number of hydrogen-bond donors (Lipinski definition) is 0. The highest BCUT2D eigenvalue weighted by Gasteiger charge is 2.33. The van der Waals surface area contributed by atoms with E-state index in [2.05, 4.69) is 20.8 Å². The van der Waals surface area contributed by atoms with Gasteiger partial charge in [0.25, 0.3) is 0 Å². The molecule has 0 bridgehead atoms. The van der Waals surface area contributed by atoms with Crippen molar-refractivity contribution in [1.82, 2.24) is 0 Å². The number of nitrogens with zero attached hydrogens (tertiary/aromatic N) is 1. The number of fused-ring (bicyclic) bond motifs is 1. The first kappa shape index (κ1) is 22.8. The molecule has 0 unspecified atom stereocenters. The van der Waals surface area contributed by atoms with E-state index in [1.165, 1.54) is 4.31 Å². The molecule has 0 amide bonds. The van der Waals surface area contributed by atoms with E-state index < -0.39 is 10.0 Å². The smallest absolute Gasteiger partial charge is 0.309 e. The SMILES string of the molecule is CCS(=O)(=O)N1CCc2cc(C(=O)COC(=O)C3CCC(C(C)(C)C)CC3)ccc21. The molecular formula is C23H33NO5S. The zero-order valence-corrected chi connectivity index (χ0v) is 19.3. The van der Waals surface area contributed by atoms with Gasteiger partial charge in [-0.15, -0.1) is 0 Å². The molecule has 3 rings (SSSR count). The van der Waals surface area contributed by atoms with Gasteiger partial charge in [-0.2, -0.15) is 0 Å². The number of ether oxygens (including phenoxy) is 1. The summed E-state index contributed by atoms with van der Waals surface area (Å²) < 4.78 is 31.1. The maximum atomic E-state index is 12.5. The van der Waals surface area contributed by atoms with Crippen LogP contribution in [0.1, 0.15) is 69.3 Å². The third kappa shape index (κ3) is 4.88. The van der Waals surface area contributed by atoms with E-state index in [4.69, 9.17) is 4.74 Å². The number of benzene rings is 1. The Kier molecular flexibility index (Phi) is 6.60. The fourth-order valence-corrected chi connectivity index (χ4v) is 5.68. The van der Waals surface area contributed by atoms with Crippen LogP contribution in [0, 0.1) is 17.3 Å². The van der Waals surface area contributed by atoms with Gasteiger partial charge in [-0.05, 0) is 74.1 Å². The lowest BCUT2D eigenvalue weighted by Gasteiger charge is -2.36. The van der Waals surface area contributed by atoms with Crippen LogP contribution >= 0.6 is 0 Å². The standard InChI is InChI=1S/C23H33NO5S/c1-5-30(27,28)24-13-12-17-14-18(8-11-20(17)24)21(25)15-29-22(26)16-6-9-19(10-7-16)23(2,3)4/h8,11,14,16,19H,5-7,9-10,12-13,15H2,1-4H3. The lowest BCUT2D eigenvalue weighted by atomic mass is 9.70. The largest absolute Gasteiger partial charge is 0.457 e. The van der Waals surface area contributed by atoms with Crippen LogP contribution < -0.4 is 4.31 Å². The minimum atomic E-state index is -3.31. The number of esters is 1. The van der Waals surface area contributed by atoms with Crippen LogP contribution in [0.25, 0.3) is 0 Å². The van der Waals surface area contributed by atoms with Crippen LogP contribution in [0.2, 0.25) is 0 Å². The Morgan fingerprint density at radius 2 is 1.80 bits per heavy atom. The molecule has 166 valence electrons. The van der Waals surface area contributed by atoms with Crippen molar-refractivity contribution in [3.05, 3.63) is 29.3 Å². The maximum absolute atomic E-state index is 12.5. The molecule has 0 N–H and O–H groups in total. The van der Waals surface area contributed by atoms with E-state index in [0.29, 0.717) is 30.1 Å². The number of sulfonamides is 1. The normalized spacial score (nSPS) is 21.9. The van der Waals surface area contributed by atoms with E-state index in [-0.39, 0.29) is 35.4 Å². The Morgan fingerprint density at radius 3 is 2.40 bits per heavy atom. The first-order valence-corrected chi connectivity index (χ1v) is 12.5. The molecule has 1 aromatic carbocycles. The predicted octanol–water partition coefficient (Wildman–Crippen LogP) is 3.98. The molecule has 1 saturated carbocycles. The number of rotatable bonds is 6. The Hall–Kier alpha value is -1.89. The average Bonchev–Trinajstić information content (AvgIpc) is 3.15. The van der Waals surface area contributed by atoms with Crippen LogP contribution in [-0.4, -0.2) is 39.1 Å². The van der Waals surface area contributed by atoms with E-state index >= 15 is 0 Å². The Morgan fingerprint density at radius 1 is 1.13 bits per heavy atom.